The minimum absolute atomic E-state index is 0.0970. The normalized spacial score (nSPS) is 28.7. The molecular weight excluding hydrogens is 186 g/mol. The molecule has 2 heteroatoms. The average molecular weight is 211 g/mol. The van der Waals surface area contributed by atoms with E-state index < -0.39 is 0 Å². The van der Waals surface area contributed by atoms with Crippen LogP contribution in [0.3, 0.4) is 0 Å². The molecule has 0 heterocycles. The first-order chi connectivity index (χ1) is 7.13. The van der Waals surface area contributed by atoms with Crippen LogP contribution in [0.25, 0.3) is 0 Å². The first kappa shape index (κ1) is 12.7. The lowest BCUT2D eigenvalue weighted by Gasteiger charge is -2.26. The molecule has 1 saturated carbocycles. The molecule has 1 rings (SSSR count). The topological polar surface area (TPSA) is 43.1 Å². The Morgan fingerprint density at radius 3 is 2.80 bits per heavy atom. The predicted octanol–water partition coefficient (Wildman–Crippen LogP) is 2.90. The number of carbonyl (C=O) groups excluding carboxylic acids is 1. The van der Waals surface area contributed by atoms with Crippen molar-refractivity contribution in [2.75, 3.05) is 0 Å². The van der Waals surface area contributed by atoms with Crippen LogP contribution in [0.5, 0.6) is 0 Å². The quantitative estimate of drug-likeness (QED) is 0.760. The third-order valence-corrected chi connectivity index (χ3v) is 3.51. The van der Waals surface area contributed by atoms with E-state index in [-0.39, 0.29) is 6.04 Å². The van der Waals surface area contributed by atoms with Crippen molar-refractivity contribution in [2.24, 2.45) is 17.6 Å². The van der Waals surface area contributed by atoms with Gasteiger partial charge < -0.3 is 5.73 Å². The first-order valence-corrected chi connectivity index (χ1v) is 6.41. The van der Waals surface area contributed by atoms with Gasteiger partial charge in [0.25, 0.3) is 0 Å². The lowest BCUT2D eigenvalue weighted by molar-refractivity contribution is -0.124. The third-order valence-electron chi connectivity index (χ3n) is 3.51. The SMILES string of the molecule is CCCC(N)CC(=O)C1CCCC(C)C1. The summed E-state index contributed by atoms with van der Waals surface area (Å²) in [6.45, 7) is 4.37. The van der Waals surface area contributed by atoms with Crippen LogP contribution in [0.15, 0.2) is 0 Å². The van der Waals surface area contributed by atoms with Gasteiger partial charge in [-0.05, 0) is 25.2 Å². The summed E-state index contributed by atoms with van der Waals surface area (Å²) < 4.78 is 0. The van der Waals surface area contributed by atoms with Gasteiger partial charge in [0.15, 0.2) is 0 Å². The maximum absolute atomic E-state index is 11.9. The summed E-state index contributed by atoms with van der Waals surface area (Å²) in [5, 5.41) is 0. The molecule has 15 heavy (non-hydrogen) atoms. The Hall–Kier alpha value is -0.370. The fourth-order valence-electron chi connectivity index (χ4n) is 2.62. The van der Waals surface area contributed by atoms with E-state index in [1.54, 1.807) is 0 Å². The van der Waals surface area contributed by atoms with Gasteiger partial charge in [-0.25, -0.2) is 0 Å². The molecule has 2 N–H and O–H groups in total. The van der Waals surface area contributed by atoms with E-state index in [1.807, 2.05) is 0 Å². The van der Waals surface area contributed by atoms with Crippen molar-refractivity contribution in [1.82, 2.24) is 0 Å². The molecule has 0 aliphatic heterocycles. The van der Waals surface area contributed by atoms with E-state index in [4.69, 9.17) is 5.73 Å². The second kappa shape index (κ2) is 6.26. The highest BCUT2D eigenvalue weighted by atomic mass is 16.1. The lowest BCUT2D eigenvalue weighted by Crippen LogP contribution is -2.29. The Kier molecular flexibility index (Phi) is 5.30. The van der Waals surface area contributed by atoms with Crippen LogP contribution in [-0.4, -0.2) is 11.8 Å². The molecule has 1 aliphatic carbocycles. The van der Waals surface area contributed by atoms with Crippen molar-refractivity contribution in [3.63, 3.8) is 0 Å². The Morgan fingerprint density at radius 2 is 2.20 bits per heavy atom. The Balaban J connectivity index is 2.32. The summed E-state index contributed by atoms with van der Waals surface area (Å²) in [6.07, 6.45) is 7.37. The fourth-order valence-corrected chi connectivity index (χ4v) is 2.62. The van der Waals surface area contributed by atoms with E-state index in [0.717, 1.165) is 31.6 Å². The zero-order chi connectivity index (χ0) is 11.3. The van der Waals surface area contributed by atoms with Crippen molar-refractivity contribution < 1.29 is 4.79 Å². The van der Waals surface area contributed by atoms with E-state index >= 15 is 0 Å². The van der Waals surface area contributed by atoms with Crippen molar-refractivity contribution in [3.05, 3.63) is 0 Å². The van der Waals surface area contributed by atoms with Crippen molar-refractivity contribution in [2.45, 2.75) is 64.8 Å². The van der Waals surface area contributed by atoms with Crippen LogP contribution in [0.2, 0.25) is 0 Å². The number of ketones is 1. The Bertz CT molecular complexity index is 203. The maximum Gasteiger partial charge on any atom is 0.137 e. The zero-order valence-corrected chi connectivity index (χ0v) is 10.2. The zero-order valence-electron chi connectivity index (χ0n) is 10.2. The minimum Gasteiger partial charge on any atom is -0.327 e. The average Bonchev–Trinajstić information content (AvgIpc) is 2.18. The smallest absolute Gasteiger partial charge is 0.137 e. The molecule has 3 unspecified atom stereocenters. The van der Waals surface area contributed by atoms with Crippen LogP contribution in [-0.2, 0) is 4.79 Å². The standard InChI is InChI=1S/C13H25NO/c1-3-5-12(14)9-13(15)11-7-4-6-10(2)8-11/h10-12H,3-9,14H2,1-2H3. The number of nitrogens with two attached hydrogens (primary N) is 1. The van der Waals surface area contributed by atoms with E-state index in [0.29, 0.717) is 18.1 Å². The molecule has 88 valence electrons. The predicted molar refractivity (Wildman–Crippen MR) is 63.6 cm³/mol. The number of Topliss-reactive ketones (excluding diaryl/α,β-unsaturated/α-hetero) is 1. The van der Waals surface area contributed by atoms with Crippen molar-refractivity contribution in [1.29, 1.82) is 0 Å². The van der Waals surface area contributed by atoms with Gasteiger partial charge >= 0.3 is 0 Å². The van der Waals surface area contributed by atoms with Crippen LogP contribution in [0, 0.1) is 11.8 Å². The van der Waals surface area contributed by atoms with Gasteiger partial charge in [0.05, 0.1) is 0 Å². The third kappa shape index (κ3) is 4.33. The molecule has 0 aromatic rings. The Labute approximate surface area is 93.6 Å². The molecule has 0 aromatic heterocycles. The molecule has 1 fully saturated rings. The van der Waals surface area contributed by atoms with E-state index in [2.05, 4.69) is 13.8 Å². The molecule has 0 spiro atoms. The number of carbonyl (C=O) groups is 1. The molecule has 0 radical (unpaired) electrons. The summed E-state index contributed by atoms with van der Waals surface area (Å²) in [5.74, 6) is 1.47. The van der Waals surface area contributed by atoms with Crippen LogP contribution < -0.4 is 5.73 Å². The van der Waals surface area contributed by atoms with Gasteiger partial charge in [0.2, 0.25) is 0 Å². The van der Waals surface area contributed by atoms with Gasteiger partial charge in [-0.1, -0.05) is 33.1 Å². The van der Waals surface area contributed by atoms with Crippen molar-refractivity contribution in [3.8, 4) is 0 Å². The highest BCUT2D eigenvalue weighted by Crippen LogP contribution is 2.30. The maximum atomic E-state index is 11.9. The van der Waals surface area contributed by atoms with E-state index in [9.17, 15) is 4.79 Å². The fraction of sp³-hybridized carbons (Fsp3) is 0.923. The Morgan fingerprint density at radius 1 is 1.47 bits per heavy atom. The highest BCUT2D eigenvalue weighted by Gasteiger charge is 2.25. The summed E-state index contributed by atoms with van der Waals surface area (Å²) in [7, 11) is 0. The molecule has 0 bridgehead atoms. The second-order valence-corrected chi connectivity index (χ2v) is 5.19. The molecule has 2 nitrogen and oxygen atoms in total. The van der Waals surface area contributed by atoms with Crippen LogP contribution in [0.4, 0.5) is 0 Å². The first-order valence-electron chi connectivity index (χ1n) is 6.41. The van der Waals surface area contributed by atoms with E-state index in [1.165, 1.54) is 12.8 Å². The van der Waals surface area contributed by atoms with Gasteiger partial charge in [-0.2, -0.15) is 0 Å². The molecule has 0 aromatic carbocycles. The van der Waals surface area contributed by atoms with Gasteiger partial charge in [0.1, 0.15) is 5.78 Å². The van der Waals surface area contributed by atoms with Crippen LogP contribution in [0.1, 0.15) is 58.8 Å². The summed E-state index contributed by atoms with van der Waals surface area (Å²) >= 11 is 0. The molecular formula is C13H25NO. The minimum atomic E-state index is 0.0970. The summed E-state index contributed by atoms with van der Waals surface area (Å²) in [6, 6.07) is 0.0970. The van der Waals surface area contributed by atoms with Crippen LogP contribution >= 0.6 is 0 Å². The van der Waals surface area contributed by atoms with Gasteiger partial charge in [-0.15, -0.1) is 0 Å². The summed E-state index contributed by atoms with van der Waals surface area (Å²) in [4.78, 5) is 11.9. The molecule has 3 atom stereocenters. The van der Waals surface area contributed by atoms with Gasteiger partial charge in [0, 0.05) is 18.4 Å². The largest absolute Gasteiger partial charge is 0.327 e. The highest BCUT2D eigenvalue weighted by molar-refractivity contribution is 5.81. The lowest BCUT2D eigenvalue weighted by atomic mass is 9.79. The number of hydrogen-bond acceptors (Lipinski definition) is 2. The molecule has 0 amide bonds. The molecule has 0 saturated heterocycles. The monoisotopic (exact) mass is 211 g/mol. The second-order valence-electron chi connectivity index (χ2n) is 5.19. The number of rotatable bonds is 5. The molecule has 1 aliphatic rings. The summed E-state index contributed by atoms with van der Waals surface area (Å²) in [5.41, 5.74) is 5.91. The van der Waals surface area contributed by atoms with Crippen molar-refractivity contribution >= 4 is 5.78 Å². The van der Waals surface area contributed by atoms with Gasteiger partial charge in [-0.3, -0.25) is 4.79 Å². The number of hydrogen-bond donors (Lipinski definition) is 1.